The highest BCUT2D eigenvalue weighted by atomic mass is 16.5. The van der Waals surface area contributed by atoms with Gasteiger partial charge in [-0.2, -0.15) is 0 Å². The highest BCUT2D eigenvalue weighted by Crippen LogP contribution is 2.23. The van der Waals surface area contributed by atoms with Gasteiger partial charge >= 0.3 is 5.97 Å². The number of hydrogen-bond donors (Lipinski definition) is 1. The zero-order valence-electron chi connectivity index (χ0n) is 11.3. The number of carbonyl (C=O) groups is 1. The number of benzene rings is 1. The molecule has 4 nitrogen and oxygen atoms in total. The van der Waals surface area contributed by atoms with Crippen molar-refractivity contribution in [2.75, 3.05) is 20.3 Å². The summed E-state index contributed by atoms with van der Waals surface area (Å²) in [5.41, 5.74) is 2.43. The molecule has 1 aromatic rings. The number of ether oxygens (including phenoxy) is 1. The average Bonchev–Trinajstić information content (AvgIpc) is 2.42. The lowest BCUT2D eigenvalue weighted by Gasteiger charge is -2.34. The zero-order chi connectivity index (χ0) is 13.7. The van der Waals surface area contributed by atoms with Crippen LogP contribution in [0.25, 0.3) is 0 Å². The maximum Gasteiger partial charge on any atom is 0.321 e. The SMILES string of the molecule is COCCCCN1Cc2ccccc2CC1C(=O)O. The van der Waals surface area contributed by atoms with Gasteiger partial charge in [0.1, 0.15) is 6.04 Å². The number of aliphatic carboxylic acids is 1. The van der Waals surface area contributed by atoms with Gasteiger partial charge in [0.25, 0.3) is 0 Å². The van der Waals surface area contributed by atoms with Gasteiger partial charge < -0.3 is 9.84 Å². The Balaban J connectivity index is 2.02. The first-order valence-corrected chi connectivity index (χ1v) is 6.75. The van der Waals surface area contributed by atoms with Crippen LogP contribution in [0.1, 0.15) is 24.0 Å². The number of carboxylic acid groups (broad SMARTS) is 1. The molecule has 0 aliphatic carbocycles. The average molecular weight is 263 g/mol. The summed E-state index contributed by atoms with van der Waals surface area (Å²) in [6.45, 7) is 2.29. The second-order valence-corrected chi connectivity index (χ2v) is 5.00. The van der Waals surface area contributed by atoms with Gasteiger partial charge in [0.2, 0.25) is 0 Å². The molecule has 0 aromatic heterocycles. The zero-order valence-corrected chi connectivity index (χ0v) is 11.3. The number of unbranched alkanes of at least 4 members (excludes halogenated alkanes) is 1. The maximum atomic E-state index is 11.4. The largest absolute Gasteiger partial charge is 0.480 e. The quantitative estimate of drug-likeness (QED) is 0.797. The summed E-state index contributed by atoms with van der Waals surface area (Å²) in [5.74, 6) is -0.721. The van der Waals surface area contributed by atoms with Crippen LogP contribution in [0.3, 0.4) is 0 Å². The monoisotopic (exact) mass is 263 g/mol. The van der Waals surface area contributed by atoms with E-state index in [-0.39, 0.29) is 0 Å². The first-order valence-electron chi connectivity index (χ1n) is 6.75. The van der Waals surface area contributed by atoms with Crippen molar-refractivity contribution in [3.05, 3.63) is 35.4 Å². The van der Waals surface area contributed by atoms with Gasteiger partial charge in [-0.3, -0.25) is 9.69 Å². The molecule has 0 spiro atoms. The molecule has 1 aromatic carbocycles. The van der Waals surface area contributed by atoms with E-state index < -0.39 is 12.0 Å². The van der Waals surface area contributed by atoms with Gasteiger partial charge in [0, 0.05) is 20.3 Å². The standard InChI is InChI=1S/C15H21NO3/c1-19-9-5-4-8-16-11-13-7-3-2-6-12(13)10-14(16)15(17)18/h2-3,6-7,14H,4-5,8-11H2,1H3,(H,17,18). The van der Waals surface area contributed by atoms with Gasteiger partial charge in [-0.05, 0) is 36.9 Å². The van der Waals surface area contributed by atoms with Crippen LogP contribution in [0.4, 0.5) is 0 Å². The summed E-state index contributed by atoms with van der Waals surface area (Å²) in [5, 5.41) is 9.37. The number of carboxylic acids is 1. The van der Waals surface area contributed by atoms with E-state index >= 15 is 0 Å². The lowest BCUT2D eigenvalue weighted by Crippen LogP contribution is -2.45. The molecule has 0 saturated heterocycles. The molecule has 1 aliphatic heterocycles. The Morgan fingerprint density at radius 2 is 2.11 bits per heavy atom. The van der Waals surface area contributed by atoms with Crippen LogP contribution >= 0.6 is 0 Å². The number of fused-ring (bicyclic) bond motifs is 1. The molecule has 0 amide bonds. The summed E-state index contributed by atoms with van der Waals surface area (Å²) in [6.07, 6.45) is 2.55. The van der Waals surface area contributed by atoms with Crippen LogP contribution in [0, 0.1) is 0 Å². The minimum absolute atomic E-state index is 0.391. The van der Waals surface area contributed by atoms with Gasteiger partial charge in [-0.25, -0.2) is 0 Å². The highest BCUT2D eigenvalue weighted by Gasteiger charge is 2.30. The number of methoxy groups -OCH3 is 1. The van der Waals surface area contributed by atoms with Crippen molar-refractivity contribution < 1.29 is 14.6 Å². The minimum Gasteiger partial charge on any atom is -0.480 e. The smallest absolute Gasteiger partial charge is 0.321 e. The molecule has 1 atom stereocenters. The topological polar surface area (TPSA) is 49.8 Å². The number of hydrogen-bond acceptors (Lipinski definition) is 3. The van der Waals surface area contributed by atoms with Gasteiger partial charge in [0.05, 0.1) is 0 Å². The third-order valence-corrected chi connectivity index (χ3v) is 3.67. The Kier molecular flexibility index (Phi) is 4.93. The molecule has 2 rings (SSSR count). The fraction of sp³-hybridized carbons (Fsp3) is 0.533. The van der Waals surface area contributed by atoms with E-state index in [0.717, 1.165) is 32.5 Å². The van der Waals surface area contributed by atoms with Gasteiger partial charge in [0.15, 0.2) is 0 Å². The van der Waals surface area contributed by atoms with Crippen LogP contribution in [0.5, 0.6) is 0 Å². The second kappa shape index (κ2) is 6.68. The predicted molar refractivity (Wildman–Crippen MR) is 73.1 cm³/mol. The molecule has 0 bridgehead atoms. The number of nitrogens with zero attached hydrogens (tertiary/aromatic N) is 1. The summed E-state index contributed by atoms with van der Waals surface area (Å²) in [7, 11) is 1.69. The maximum absolute atomic E-state index is 11.4. The van der Waals surface area contributed by atoms with Crippen molar-refractivity contribution in [3.63, 3.8) is 0 Å². The number of rotatable bonds is 6. The molecule has 1 heterocycles. The molecule has 0 radical (unpaired) electrons. The summed E-state index contributed by atoms with van der Waals surface area (Å²) < 4.78 is 5.03. The molecular weight excluding hydrogens is 242 g/mol. The van der Waals surface area contributed by atoms with Crippen LogP contribution in [0.15, 0.2) is 24.3 Å². The fourth-order valence-corrected chi connectivity index (χ4v) is 2.62. The van der Waals surface area contributed by atoms with E-state index in [1.807, 2.05) is 18.2 Å². The van der Waals surface area contributed by atoms with Crippen molar-refractivity contribution >= 4 is 5.97 Å². The van der Waals surface area contributed by atoms with Crippen LogP contribution in [-0.4, -0.2) is 42.3 Å². The van der Waals surface area contributed by atoms with E-state index in [9.17, 15) is 9.90 Å². The molecule has 19 heavy (non-hydrogen) atoms. The Bertz CT molecular complexity index is 433. The first kappa shape index (κ1) is 14.0. The third kappa shape index (κ3) is 3.55. The normalized spacial score (nSPS) is 19.1. The van der Waals surface area contributed by atoms with Crippen molar-refractivity contribution in [1.29, 1.82) is 0 Å². The summed E-state index contributed by atoms with van der Waals surface area (Å²) >= 11 is 0. The fourth-order valence-electron chi connectivity index (χ4n) is 2.62. The lowest BCUT2D eigenvalue weighted by atomic mass is 9.94. The van der Waals surface area contributed by atoms with E-state index in [2.05, 4.69) is 11.0 Å². The Morgan fingerprint density at radius 1 is 1.37 bits per heavy atom. The lowest BCUT2D eigenvalue weighted by molar-refractivity contribution is -0.144. The van der Waals surface area contributed by atoms with E-state index in [4.69, 9.17) is 4.74 Å². The summed E-state index contributed by atoms with van der Waals surface area (Å²) in [4.78, 5) is 13.5. The second-order valence-electron chi connectivity index (χ2n) is 5.00. The molecule has 1 N–H and O–H groups in total. The van der Waals surface area contributed by atoms with E-state index in [1.165, 1.54) is 11.1 Å². The predicted octanol–water partition coefficient (Wildman–Crippen LogP) is 1.92. The van der Waals surface area contributed by atoms with Crippen molar-refractivity contribution in [1.82, 2.24) is 4.90 Å². The molecule has 104 valence electrons. The molecule has 0 saturated carbocycles. The molecular formula is C15H21NO3. The molecule has 1 unspecified atom stereocenters. The Hall–Kier alpha value is -1.39. The van der Waals surface area contributed by atoms with Gasteiger partial charge in [-0.15, -0.1) is 0 Å². The van der Waals surface area contributed by atoms with Crippen molar-refractivity contribution in [2.24, 2.45) is 0 Å². The first-order chi connectivity index (χ1) is 9.22. The Morgan fingerprint density at radius 3 is 2.79 bits per heavy atom. The van der Waals surface area contributed by atoms with Crippen LogP contribution < -0.4 is 0 Å². The van der Waals surface area contributed by atoms with Crippen LogP contribution in [-0.2, 0) is 22.5 Å². The van der Waals surface area contributed by atoms with Crippen molar-refractivity contribution in [3.8, 4) is 0 Å². The summed E-state index contributed by atoms with van der Waals surface area (Å²) in [6, 6.07) is 7.73. The molecule has 1 aliphatic rings. The van der Waals surface area contributed by atoms with Crippen LogP contribution in [0.2, 0.25) is 0 Å². The van der Waals surface area contributed by atoms with E-state index in [0.29, 0.717) is 6.42 Å². The highest BCUT2D eigenvalue weighted by molar-refractivity contribution is 5.74. The van der Waals surface area contributed by atoms with Gasteiger partial charge in [-0.1, -0.05) is 24.3 Å². The molecule has 0 fully saturated rings. The van der Waals surface area contributed by atoms with E-state index in [1.54, 1.807) is 7.11 Å². The molecule has 4 heteroatoms. The minimum atomic E-state index is -0.721. The van der Waals surface area contributed by atoms with Crippen molar-refractivity contribution in [2.45, 2.75) is 31.8 Å². The third-order valence-electron chi connectivity index (χ3n) is 3.67. The Labute approximate surface area is 114 Å².